The molecule has 1 aliphatic rings. The van der Waals surface area contributed by atoms with Crippen LogP contribution in [0.3, 0.4) is 0 Å². The zero-order chi connectivity index (χ0) is 23.8. The number of aliphatic imine (C=N–C) groups is 1. The van der Waals surface area contributed by atoms with Crippen LogP contribution in [0.25, 0.3) is 0 Å². The molecule has 3 unspecified atom stereocenters. The number of nitrogens with one attached hydrogen (secondary N) is 2. The highest BCUT2D eigenvalue weighted by molar-refractivity contribution is 6.45. The maximum absolute atomic E-state index is 13.3. The van der Waals surface area contributed by atoms with Crippen LogP contribution in [0.4, 0.5) is 13.2 Å². The van der Waals surface area contributed by atoms with E-state index >= 15 is 0 Å². The van der Waals surface area contributed by atoms with Gasteiger partial charge in [-0.2, -0.15) is 29.1 Å². The molecule has 2 aromatic carbocycles. The monoisotopic (exact) mass is 481 g/mol. The number of carbonyl (C=O) groups is 1. The quantitative estimate of drug-likeness (QED) is 0.654. The average Bonchev–Trinajstić information content (AvgIpc) is 2.72. The number of alkyl halides is 3. The van der Waals surface area contributed by atoms with Crippen LogP contribution in [0, 0.1) is 27.9 Å². The Morgan fingerprint density at radius 3 is 2.38 bits per heavy atom. The molecule has 0 bridgehead atoms. The first kappa shape index (κ1) is 23.5. The Bertz CT molecular complexity index is 1220. The van der Waals surface area contributed by atoms with Gasteiger partial charge in [-0.3, -0.25) is 4.79 Å². The van der Waals surface area contributed by atoms with E-state index in [-0.39, 0.29) is 21.7 Å². The molecule has 1 heterocycles. The number of benzene rings is 2. The summed E-state index contributed by atoms with van der Waals surface area (Å²) in [7, 11) is 0. The van der Waals surface area contributed by atoms with E-state index in [1.54, 1.807) is 6.07 Å². The van der Waals surface area contributed by atoms with Crippen molar-refractivity contribution >= 4 is 34.8 Å². The summed E-state index contributed by atoms with van der Waals surface area (Å²) < 4.78 is 39.9. The second kappa shape index (κ2) is 8.41. The third-order valence-corrected chi connectivity index (χ3v) is 5.63. The fraction of sp³-hybridized carbons (Fsp3) is 0.200. The molecule has 0 radical (unpaired) electrons. The lowest BCUT2D eigenvalue weighted by Gasteiger charge is -2.31. The lowest BCUT2D eigenvalue weighted by atomic mass is 9.76. The largest absolute Gasteiger partial charge is 0.606 e. The van der Waals surface area contributed by atoms with E-state index in [0.29, 0.717) is 0 Å². The number of carbonyl (C=O) groups excluding carboxylic acids is 1. The second-order valence-corrected chi connectivity index (χ2v) is 7.79. The Labute approximate surface area is 189 Å². The van der Waals surface area contributed by atoms with Crippen molar-refractivity contribution in [3.05, 3.63) is 73.9 Å². The molecule has 2 N–H and O–H groups in total. The van der Waals surface area contributed by atoms with E-state index in [1.807, 2.05) is 11.5 Å². The minimum Gasteiger partial charge on any atom is -0.606 e. The first-order chi connectivity index (χ1) is 14.9. The zero-order valence-corrected chi connectivity index (χ0v) is 17.6. The molecule has 0 aromatic heterocycles. The van der Waals surface area contributed by atoms with Crippen molar-refractivity contribution in [1.29, 1.82) is 10.5 Å². The van der Waals surface area contributed by atoms with E-state index in [4.69, 9.17) is 28.5 Å². The van der Waals surface area contributed by atoms with Gasteiger partial charge < -0.3 is 5.21 Å². The zero-order valence-electron chi connectivity index (χ0n) is 16.1. The highest BCUT2D eigenvalue weighted by Crippen LogP contribution is 2.41. The summed E-state index contributed by atoms with van der Waals surface area (Å²) in [4.78, 5) is 15.4. The minimum atomic E-state index is -4.72. The van der Waals surface area contributed by atoms with E-state index in [1.165, 1.54) is 31.2 Å². The van der Waals surface area contributed by atoms with Gasteiger partial charge in [0, 0.05) is 10.6 Å². The van der Waals surface area contributed by atoms with Crippen molar-refractivity contribution in [2.45, 2.75) is 24.7 Å². The van der Waals surface area contributed by atoms with Gasteiger partial charge in [-0.1, -0.05) is 41.4 Å². The number of quaternary nitrogens is 1. The van der Waals surface area contributed by atoms with E-state index in [0.717, 1.165) is 12.1 Å². The molecule has 3 rings (SSSR count). The van der Waals surface area contributed by atoms with Crippen LogP contribution >= 0.6 is 23.2 Å². The normalized spacial score (nSPS) is 20.4. The summed E-state index contributed by atoms with van der Waals surface area (Å²) in [6, 6.07) is 10.8. The molecule has 1 aliphatic heterocycles. The Morgan fingerprint density at radius 1 is 1.12 bits per heavy atom. The van der Waals surface area contributed by atoms with Crippen LogP contribution in [0.1, 0.15) is 35.3 Å². The fourth-order valence-corrected chi connectivity index (χ4v) is 3.83. The Morgan fingerprint density at radius 2 is 1.81 bits per heavy atom. The average molecular weight is 482 g/mol. The smallest absolute Gasteiger partial charge is 0.417 e. The first-order valence-corrected chi connectivity index (χ1v) is 9.59. The Hall–Kier alpha value is -3.15. The van der Waals surface area contributed by atoms with Gasteiger partial charge in [-0.15, -0.1) is 0 Å². The lowest BCUT2D eigenvalue weighted by molar-refractivity contribution is -0.918. The number of amides is 1. The molecule has 3 atom stereocenters. The van der Waals surface area contributed by atoms with Crippen LogP contribution < -0.4 is 10.6 Å². The van der Waals surface area contributed by atoms with Gasteiger partial charge in [0.25, 0.3) is 0 Å². The molecule has 32 heavy (non-hydrogen) atoms. The standard InChI is InChI=1S/C20H12Cl2F3N5O2/c1-19(9-27,11-3-5-14(21)13(7-11)20(23,24)25)12-4-2-10(6-15(12)22)17-28-16(8-26)18(31)29-30(17)32/h2-7,17,30H,1H3,(H,29,31). The van der Waals surface area contributed by atoms with Gasteiger partial charge in [0.1, 0.15) is 11.5 Å². The fourth-order valence-electron chi connectivity index (χ4n) is 3.23. The molecule has 164 valence electrons. The summed E-state index contributed by atoms with van der Waals surface area (Å²) in [5.74, 6) is -0.920. The first-order valence-electron chi connectivity index (χ1n) is 8.84. The minimum absolute atomic E-state index is 0.0113. The summed E-state index contributed by atoms with van der Waals surface area (Å²) in [5.41, 5.74) is -0.744. The van der Waals surface area contributed by atoms with Gasteiger partial charge in [0.05, 0.1) is 16.7 Å². The van der Waals surface area contributed by atoms with Gasteiger partial charge in [0.2, 0.25) is 11.9 Å². The second-order valence-electron chi connectivity index (χ2n) is 6.98. The number of nitriles is 2. The molecule has 0 saturated heterocycles. The lowest BCUT2D eigenvalue weighted by Crippen LogP contribution is -3.16. The molecule has 0 fully saturated rings. The summed E-state index contributed by atoms with van der Waals surface area (Å²) in [6.45, 7) is 1.40. The van der Waals surface area contributed by atoms with Crippen LogP contribution in [0.5, 0.6) is 0 Å². The molecule has 0 saturated carbocycles. The molecule has 12 heteroatoms. The topological polar surface area (TPSA) is 117 Å². The number of nitrogens with zero attached hydrogens (tertiary/aromatic N) is 3. The number of hydroxylamine groups is 1. The van der Waals surface area contributed by atoms with Crippen molar-refractivity contribution in [2.24, 2.45) is 4.99 Å². The molecule has 1 amide bonds. The Kier molecular flexibility index (Phi) is 6.18. The molecule has 0 aliphatic carbocycles. The SMILES string of the molecule is CC(C#N)(c1ccc(Cl)c(C(F)(F)F)c1)c1ccc(C2N=C(C#N)C(=O)N[NH+]2[O-])cc1Cl. The number of rotatable bonds is 3. The number of hydrogen-bond donors (Lipinski definition) is 2. The number of hydrogen-bond acceptors (Lipinski definition) is 5. The van der Waals surface area contributed by atoms with Gasteiger partial charge in [-0.05, 0) is 36.2 Å². The maximum Gasteiger partial charge on any atom is 0.417 e. The molecule has 0 spiro atoms. The van der Waals surface area contributed by atoms with Crippen molar-refractivity contribution in [2.75, 3.05) is 0 Å². The van der Waals surface area contributed by atoms with Crippen molar-refractivity contribution in [3.63, 3.8) is 0 Å². The highest BCUT2D eigenvalue weighted by atomic mass is 35.5. The number of halogens is 5. The van der Waals surface area contributed by atoms with E-state index < -0.39 is 45.1 Å². The van der Waals surface area contributed by atoms with Crippen LogP contribution in [0.2, 0.25) is 10.0 Å². The summed E-state index contributed by atoms with van der Waals surface area (Å²) in [5, 5.41) is 29.7. The molecule has 2 aromatic rings. The molecular weight excluding hydrogens is 470 g/mol. The molecular formula is C20H12Cl2F3N5O2. The van der Waals surface area contributed by atoms with Crippen molar-refractivity contribution < 1.29 is 23.1 Å². The van der Waals surface area contributed by atoms with Crippen LogP contribution in [-0.4, -0.2) is 11.6 Å². The van der Waals surface area contributed by atoms with Crippen molar-refractivity contribution in [3.8, 4) is 12.1 Å². The van der Waals surface area contributed by atoms with Gasteiger partial charge in [-0.25, -0.2) is 10.2 Å². The summed E-state index contributed by atoms with van der Waals surface area (Å²) >= 11 is 12.0. The van der Waals surface area contributed by atoms with Crippen molar-refractivity contribution in [1.82, 2.24) is 5.43 Å². The molecule has 7 nitrogen and oxygen atoms in total. The predicted octanol–water partition coefficient (Wildman–Crippen LogP) is 3.23. The highest BCUT2D eigenvalue weighted by Gasteiger charge is 2.38. The summed E-state index contributed by atoms with van der Waals surface area (Å²) in [6.07, 6.45) is -5.95. The van der Waals surface area contributed by atoms with Crippen LogP contribution in [-0.2, 0) is 16.4 Å². The van der Waals surface area contributed by atoms with Crippen LogP contribution in [0.15, 0.2) is 41.4 Å². The van der Waals surface area contributed by atoms with E-state index in [2.05, 4.69) is 4.99 Å². The van der Waals surface area contributed by atoms with E-state index in [9.17, 15) is 28.4 Å². The third kappa shape index (κ3) is 4.14. The van der Waals surface area contributed by atoms with Gasteiger partial charge >= 0.3 is 12.1 Å². The Balaban J connectivity index is 2.09. The van der Waals surface area contributed by atoms with Gasteiger partial charge in [0.15, 0.2) is 0 Å². The third-order valence-electron chi connectivity index (χ3n) is 4.98. The maximum atomic E-state index is 13.3. The predicted molar refractivity (Wildman–Crippen MR) is 108 cm³/mol.